The van der Waals surface area contributed by atoms with E-state index in [1.165, 1.54) is 0 Å². The van der Waals surface area contributed by atoms with Gasteiger partial charge in [-0.1, -0.05) is 38.1 Å². The van der Waals surface area contributed by atoms with Crippen molar-refractivity contribution in [3.63, 3.8) is 0 Å². The number of para-hydroxylation sites is 2. The summed E-state index contributed by atoms with van der Waals surface area (Å²) in [5, 5.41) is 2.93. The van der Waals surface area contributed by atoms with Crippen LogP contribution in [0.2, 0.25) is 0 Å². The van der Waals surface area contributed by atoms with Crippen molar-refractivity contribution in [1.29, 1.82) is 0 Å². The summed E-state index contributed by atoms with van der Waals surface area (Å²) in [6, 6.07) is 20.9. The molecule has 1 fully saturated rings. The first-order chi connectivity index (χ1) is 16.4. The number of carbonyl (C=O) groups is 2. The van der Waals surface area contributed by atoms with Crippen LogP contribution in [0, 0.1) is 12.8 Å². The lowest BCUT2D eigenvalue weighted by Crippen LogP contribution is -2.28. The van der Waals surface area contributed by atoms with E-state index in [1.54, 1.807) is 18.1 Å². The van der Waals surface area contributed by atoms with Gasteiger partial charge < -0.3 is 19.7 Å². The normalized spacial score (nSPS) is 15.5. The molecule has 1 N–H and O–H groups in total. The molecule has 4 rings (SSSR count). The zero-order valence-electron chi connectivity index (χ0n) is 20.0. The summed E-state index contributed by atoms with van der Waals surface area (Å²) < 4.78 is 11.5. The van der Waals surface area contributed by atoms with Gasteiger partial charge in [-0.05, 0) is 66.4 Å². The van der Waals surface area contributed by atoms with E-state index in [9.17, 15) is 9.59 Å². The molecule has 176 valence electrons. The minimum absolute atomic E-state index is 0.0903. The van der Waals surface area contributed by atoms with Crippen molar-refractivity contribution >= 4 is 23.2 Å². The Bertz CT molecular complexity index is 1190. The molecule has 6 nitrogen and oxygen atoms in total. The van der Waals surface area contributed by atoms with Crippen LogP contribution in [-0.2, 0) is 9.59 Å². The Labute approximate surface area is 200 Å². The predicted molar refractivity (Wildman–Crippen MR) is 134 cm³/mol. The number of aryl methyl sites for hydroxylation is 1. The van der Waals surface area contributed by atoms with Gasteiger partial charge in [0, 0.05) is 18.7 Å². The largest absolute Gasteiger partial charge is 0.495 e. The Kier molecular flexibility index (Phi) is 6.87. The molecule has 0 saturated carbocycles. The SMILES string of the molecule is COc1ccccc1N1C[C@@H](C(=O)Nc2ccc(Oc3cc(C)ccc3C(C)C)cc2)CC1=O. The van der Waals surface area contributed by atoms with E-state index in [0.717, 1.165) is 16.9 Å². The van der Waals surface area contributed by atoms with Gasteiger partial charge in [0.15, 0.2) is 0 Å². The van der Waals surface area contributed by atoms with E-state index < -0.39 is 5.92 Å². The molecular weight excluding hydrogens is 428 g/mol. The third kappa shape index (κ3) is 5.06. The molecular formula is C28H30N2O4. The van der Waals surface area contributed by atoms with E-state index in [-0.39, 0.29) is 18.2 Å². The van der Waals surface area contributed by atoms with Crippen molar-refractivity contribution in [3.8, 4) is 17.2 Å². The Morgan fingerprint density at radius 1 is 1.03 bits per heavy atom. The number of ether oxygens (including phenoxy) is 2. The molecule has 6 heteroatoms. The van der Waals surface area contributed by atoms with Crippen molar-refractivity contribution in [1.82, 2.24) is 0 Å². The summed E-state index contributed by atoms with van der Waals surface area (Å²) in [5.74, 6) is 1.79. The van der Waals surface area contributed by atoms with Gasteiger partial charge in [-0.15, -0.1) is 0 Å². The van der Waals surface area contributed by atoms with Crippen molar-refractivity contribution in [2.24, 2.45) is 5.92 Å². The molecule has 1 heterocycles. The van der Waals surface area contributed by atoms with Gasteiger partial charge in [0.05, 0.1) is 18.7 Å². The predicted octanol–water partition coefficient (Wildman–Crippen LogP) is 5.91. The van der Waals surface area contributed by atoms with Crippen LogP contribution in [0.25, 0.3) is 0 Å². The first-order valence-electron chi connectivity index (χ1n) is 11.5. The highest BCUT2D eigenvalue weighted by molar-refractivity contribution is 6.04. The molecule has 0 aliphatic carbocycles. The highest BCUT2D eigenvalue weighted by atomic mass is 16.5. The summed E-state index contributed by atoms with van der Waals surface area (Å²) in [6.07, 6.45) is 0.163. The summed E-state index contributed by atoms with van der Waals surface area (Å²) in [7, 11) is 1.57. The molecule has 0 aromatic heterocycles. The van der Waals surface area contributed by atoms with E-state index >= 15 is 0 Å². The standard InChI is InChI=1S/C28H30N2O4/c1-18(2)23-14-9-19(3)15-26(23)34-22-12-10-21(11-13-22)29-28(32)20-16-27(31)30(17-20)24-7-5-6-8-25(24)33-4/h5-15,18,20H,16-17H2,1-4H3,(H,29,32)/t20-/m0/s1. The minimum atomic E-state index is -0.436. The number of rotatable bonds is 7. The Morgan fingerprint density at radius 3 is 2.47 bits per heavy atom. The monoisotopic (exact) mass is 458 g/mol. The molecule has 0 bridgehead atoms. The smallest absolute Gasteiger partial charge is 0.229 e. The van der Waals surface area contributed by atoms with Crippen LogP contribution in [-0.4, -0.2) is 25.5 Å². The topological polar surface area (TPSA) is 67.9 Å². The van der Waals surface area contributed by atoms with Crippen molar-refractivity contribution in [2.45, 2.75) is 33.1 Å². The molecule has 2 amide bonds. The second-order valence-corrected chi connectivity index (χ2v) is 8.89. The van der Waals surface area contributed by atoms with Gasteiger partial charge in [-0.2, -0.15) is 0 Å². The zero-order valence-corrected chi connectivity index (χ0v) is 20.0. The number of carbonyl (C=O) groups excluding carboxylic acids is 2. The van der Waals surface area contributed by atoms with Gasteiger partial charge in [0.1, 0.15) is 17.2 Å². The molecule has 1 aliphatic rings. The van der Waals surface area contributed by atoms with Gasteiger partial charge in [-0.25, -0.2) is 0 Å². The summed E-state index contributed by atoms with van der Waals surface area (Å²) in [6.45, 7) is 6.63. The number of benzene rings is 3. The molecule has 0 unspecified atom stereocenters. The second kappa shape index (κ2) is 10.00. The van der Waals surface area contributed by atoms with Gasteiger partial charge in [-0.3, -0.25) is 9.59 Å². The number of hydrogen-bond donors (Lipinski definition) is 1. The average Bonchev–Trinajstić information content (AvgIpc) is 3.21. The Morgan fingerprint density at radius 2 is 1.76 bits per heavy atom. The molecule has 0 spiro atoms. The van der Waals surface area contributed by atoms with Gasteiger partial charge in [0.2, 0.25) is 11.8 Å². The van der Waals surface area contributed by atoms with Crippen molar-refractivity contribution in [2.75, 3.05) is 23.9 Å². The molecule has 1 saturated heterocycles. The number of methoxy groups -OCH3 is 1. The molecule has 3 aromatic rings. The summed E-state index contributed by atoms with van der Waals surface area (Å²) in [4.78, 5) is 27.1. The van der Waals surface area contributed by atoms with E-state index in [2.05, 4.69) is 31.3 Å². The van der Waals surface area contributed by atoms with E-state index in [0.29, 0.717) is 35.3 Å². The van der Waals surface area contributed by atoms with Crippen LogP contribution in [0.4, 0.5) is 11.4 Å². The van der Waals surface area contributed by atoms with Crippen LogP contribution in [0.1, 0.15) is 37.3 Å². The van der Waals surface area contributed by atoms with Crippen molar-refractivity contribution in [3.05, 3.63) is 77.9 Å². The maximum atomic E-state index is 12.9. The van der Waals surface area contributed by atoms with E-state index in [4.69, 9.17) is 9.47 Å². The number of nitrogens with zero attached hydrogens (tertiary/aromatic N) is 1. The second-order valence-electron chi connectivity index (χ2n) is 8.89. The first kappa shape index (κ1) is 23.4. The first-order valence-corrected chi connectivity index (χ1v) is 11.5. The fourth-order valence-corrected chi connectivity index (χ4v) is 4.15. The lowest BCUT2D eigenvalue weighted by Gasteiger charge is -2.19. The Balaban J connectivity index is 1.41. The van der Waals surface area contributed by atoms with E-state index in [1.807, 2.05) is 55.5 Å². The van der Waals surface area contributed by atoms with Gasteiger partial charge in [0.25, 0.3) is 0 Å². The number of hydrogen-bond acceptors (Lipinski definition) is 4. The fraction of sp³-hybridized carbons (Fsp3) is 0.286. The molecule has 34 heavy (non-hydrogen) atoms. The lowest BCUT2D eigenvalue weighted by molar-refractivity contribution is -0.122. The van der Waals surface area contributed by atoms with Gasteiger partial charge >= 0.3 is 0 Å². The maximum Gasteiger partial charge on any atom is 0.229 e. The molecule has 1 atom stereocenters. The summed E-state index contributed by atoms with van der Waals surface area (Å²) >= 11 is 0. The third-order valence-electron chi connectivity index (χ3n) is 6.01. The quantitative estimate of drug-likeness (QED) is 0.478. The number of nitrogens with one attached hydrogen (secondary N) is 1. The number of amides is 2. The third-order valence-corrected chi connectivity index (χ3v) is 6.01. The zero-order chi connectivity index (χ0) is 24.2. The highest BCUT2D eigenvalue weighted by Crippen LogP contribution is 2.34. The number of anilines is 2. The van der Waals surface area contributed by atoms with Crippen LogP contribution in [0.5, 0.6) is 17.2 Å². The van der Waals surface area contributed by atoms with Crippen LogP contribution >= 0.6 is 0 Å². The fourth-order valence-electron chi connectivity index (χ4n) is 4.15. The molecule has 1 aliphatic heterocycles. The lowest BCUT2D eigenvalue weighted by atomic mass is 10.0. The van der Waals surface area contributed by atoms with Crippen LogP contribution in [0.15, 0.2) is 66.7 Å². The molecule has 0 radical (unpaired) electrons. The summed E-state index contributed by atoms with van der Waals surface area (Å²) in [5.41, 5.74) is 3.63. The van der Waals surface area contributed by atoms with Crippen LogP contribution in [0.3, 0.4) is 0 Å². The minimum Gasteiger partial charge on any atom is -0.495 e. The molecule has 3 aromatic carbocycles. The Hall–Kier alpha value is -3.80. The van der Waals surface area contributed by atoms with Crippen molar-refractivity contribution < 1.29 is 19.1 Å². The highest BCUT2D eigenvalue weighted by Gasteiger charge is 2.36. The average molecular weight is 459 g/mol. The maximum absolute atomic E-state index is 12.9. The van der Waals surface area contributed by atoms with Crippen LogP contribution < -0.4 is 19.7 Å².